The molecule has 1 N–H and O–H groups in total. The van der Waals surface area contributed by atoms with Crippen LogP contribution in [0.3, 0.4) is 0 Å². The third-order valence-electron chi connectivity index (χ3n) is 3.53. The number of hydrogen-bond donors (Lipinski definition) is 1. The molecule has 0 bridgehead atoms. The summed E-state index contributed by atoms with van der Waals surface area (Å²) in [4.78, 5) is 10.9. The molecular formula is C17H14FNO3. The third-order valence-corrected chi connectivity index (χ3v) is 3.53. The fourth-order valence-corrected chi connectivity index (χ4v) is 2.39. The Morgan fingerprint density at radius 3 is 2.50 bits per heavy atom. The summed E-state index contributed by atoms with van der Waals surface area (Å²) in [5.74, 6) is -0.895. The van der Waals surface area contributed by atoms with Gasteiger partial charge in [0.1, 0.15) is 11.6 Å². The zero-order valence-electron chi connectivity index (χ0n) is 11.9. The second-order valence-corrected chi connectivity index (χ2v) is 5.02. The fraction of sp³-hybridized carbons (Fsp3) is 0.118. The Hall–Kier alpha value is -2.82. The predicted octanol–water partition coefficient (Wildman–Crippen LogP) is 3.94. The van der Waals surface area contributed by atoms with Crippen LogP contribution < -0.4 is 0 Å². The molecule has 0 spiro atoms. The minimum Gasteiger partial charge on any atom is -0.475 e. The zero-order chi connectivity index (χ0) is 15.7. The van der Waals surface area contributed by atoms with E-state index < -0.39 is 5.97 Å². The average molecular weight is 299 g/mol. The molecule has 0 radical (unpaired) electrons. The van der Waals surface area contributed by atoms with E-state index >= 15 is 0 Å². The Morgan fingerprint density at radius 2 is 1.86 bits per heavy atom. The molecule has 0 aliphatic rings. The largest absolute Gasteiger partial charge is 0.475 e. The van der Waals surface area contributed by atoms with Crippen molar-refractivity contribution in [1.82, 2.24) is 4.57 Å². The van der Waals surface area contributed by atoms with Crippen molar-refractivity contribution in [3.63, 3.8) is 0 Å². The van der Waals surface area contributed by atoms with E-state index in [9.17, 15) is 9.18 Å². The number of aromatic nitrogens is 1. The summed E-state index contributed by atoms with van der Waals surface area (Å²) in [7, 11) is 0. The number of furan rings is 1. The topological polar surface area (TPSA) is 55.4 Å². The standard InChI is InChI=1S/C17H14FNO3/c1-11-2-8-15(12-3-5-13(18)6-4-12)19(11)10-14-7-9-16(22-14)17(20)21/h2-9H,10H2,1H3,(H,20,21). The third kappa shape index (κ3) is 2.65. The van der Waals surface area contributed by atoms with Crippen LogP contribution >= 0.6 is 0 Å². The zero-order valence-corrected chi connectivity index (χ0v) is 11.9. The van der Waals surface area contributed by atoms with Crippen molar-refractivity contribution in [1.29, 1.82) is 0 Å². The van der Waals surface area contributed by atoms with Crippen molar-refractivity contribution in [3.05, 3.63) is 71.6 Å². The van der Waals surface area contributed by atoms with E-state index in [0.29, 0.717) is 12.3 Å². The van der Waals surface area contributed by atoms with Gasteiger partial charge in [0, 0.05) is 11.4 Å². The van der Waals surface area contributed by atoms with Crippen molar-refractivity contribution in [2.75, 3.05) is 0 Å². The number of hydrogen-bond acceptors (Lipinski definition) is 2. The molecule has 2 heterocycles. The lowest BCUT2D eigenvalue weighted by molar-refractivity contribution is 0.0660. The van der Waals surface area contributed by atoms with Gasteiger partial charge in [-0.25, -0.2) is 9.18 Å². The Labute approximate surface area is 126 Å². The molecule has 0 unspecified atom stereocenters. The molecule has 0 aliphatic heterocycles. The molecule has 3 aromatic rings. The van der Waals surface area contributed by atoms with Gasteiger partial charge in [-0.1, -0.05) is 0 Å². The minimum absolute atomic E-state index is 0.0804. The summed E-state index contributed by atoms with van der Waals surface area (Å²) in [6.45, 7) is 2.37. The van der Waals surface area contributed by atoms with Crippen LogP contribution in [0.2, 0.25) is 0 Å². The van der Waals surface area contributed by atoms with Crippen LogP contribution in [0.4, 0.5) is 4.39 Å². The smallest absolute Gasteiger partial charge is 0.371 e. The van der Waals surface area contributed by atoms with Crippen LogP contribution in [0.15, 0.2) is 52.9 Å². The summed E-state index contributed by atoms with van der Waals surface area (Å²) in [6, 6.07) is 13.3. The normalized spacial score (nSPS) is 10.8. The first kappa shape index (κ1) is 14.1. The first-order valence-corrected chi connectivity index (χ1v) is 6.78. The molecule has 0 fully saturated rings. The maximum absolute atomic E-state index is 13.1. The van der Waals surface area contributed by atoms with Crippen molar-refractivity contribution in [2.24, 2.45) is 0 Å². The SMILES string of the molecule is Cc1ccc(-c2ccc(F)cc2)n1Cc1ccc(C(=O)O)o1. The van der Waals surface area contributed by atoms with Gasteiger partial charge in [0.05, 0.1) is 6.54 Å². The quantitative estimate of drug-likeness (QED) is 0.793. The van der Waals surface area contributed by atoms with E-state index in [1.54, 1.807) is 18.2 Å². The van der Waals surface area contributed by atoms with Crippen LogP contribution in [0.25, 0.3) is 11.3 Å². The summed E-state index contributed by atoms with van der Waals surface area (Å²) in [5, 5.41) is 8.90. The van der Waals surface area contributed by atoms with Crippen molar-refractivity contribution in [2.45, 2.75) is 13.5 Å². The van der Waals surface area contributed by atoms with Gasteiger partial charge in [-0.3, -0.25) is 0 Å². The van der Waals surface area contributed by atoms with Gasteiger partial charge in [-0.05, 0) is 61.0 Å². The first-order valence-electron chi connectivity index (χ1n) is 6.78. The highest BCUT2D eigenvalue weighted by molar-refractivity contribution is 5.84. The highest BCUT2D eigenvalue weighted by Gasteiger charge is 2.13. The summed E-state index contributed by atoms with van der Waals surface area (Å²) < 4.78 is 20.4. The van der Waals surface area contributed by atoms with Crippen LogP contribution in [-0.4, -0.2) is 15.6 Å². The van der Waals surface area contributed by atoms with Crippen LogP contribution in [-0.2, 0) is 6.54 Å². The molecular weight excluding hydrogens is 285 g/mol. The lowest BCUT2D eigenvalue weighted by Gasteiger charge is -2.10. The molecule has 2 aromatic heterocycles. The number of aromatic carboxylic acids is 1. The maximum atomic E-state index is 13.1. The van der Waals surface area contributed by atoms with Gasteiger partial charge in [-0.2, -0.15) is 0 Å². The number of halogens is 1. The lowest BCUT2D eigenvalue weighted by atomic mass is 10.1. The predicted molar refractivity (Wildman–Crippen MR) is 79.3 cm³/mol. The van der Waals surface area contributed by atoms with Gasteiger partial charge in [0.25, 0.3) is 0 Å². The number of nitrogens with zero attached hydrogens (tertiary/aromatic N) is 1. The van der Waals surface area contributed by atoms with Gasteiger partial charge in [0.2, 0.25) is 5.76 Å². The number of carbonyl (C=O) groups is 1. The van der Waals surface area contributed by atoms with E-state index in [1.807, 2.05) is 23.6 Å². The second-order valence-electron chi connectivity index (χ2n) is 5.02. The van der Waals surface area contributed by atoms with Crippen LogP contribution in [0.5, 0.6) is 0 Å². The summed E-state index contributed by atoms with van der Waals surface area (Å²) in [5.41, 5.74) is 2.82. The molecule has 0 saturated carbocycles. The van der Waals surface area contributed by atoms with Gasteiger partial charge < -0.3 is 14.1 Å². The molecule has 0 amide bonds. The Balaban J connectivity index is 1.95. The minimum atomic E-state index is -1.09. The highest BCUT2D eigenvalue weighted by Crippen LogP contribution is 2.24. The molecule has 4 nitrogen and oxygen atoms in total. The summed E-state index contributed by atoms with van der Waals surface area (Å²) >= 11 is 0. The molecule has 0 aliphatic carbocycles. The van der Waals surface area contributed by atoms with Gasteiger partial charge in [0.15, 0.2) is 0 Å². The van der Waals surface area contributed by atoms with Crippen molar-refractivity contribution >= 4 is 5.97 Å². The van der Waals surface area contributed by atoms with Crippen molar-refractivity contribution in [3.8, 4) is 11.3 Å². The highest BCUT2D eigenvalue weighted by atomic mass is 19.1. The van der Waals surface area contributed by atoms with Crippen LogP contribution in [0.1, 0.15) is 22.0 Å². The molecule has 5 heteroatoms. The molecule has 0 saturated heterocycles. The van der Waals surface area contributed by atoms with E-state index in [2.05, 4.69) is 0 Å². The number of carboxylic acid groups (broad SMARTS) is 1. The molecule has 0 atom stereocenters. The van der Waals surface area contributed by atoms with E-state index in [-0.39, 0.29) is 11.6 Å². The molecule has 22 heavy (non-hydrogen) atoms. The van der Waals surface area contributed by atoms with E-state index in [1.165, 1.54) is 18.2 Å². The first-order chi connectivity index (χ1) is 10.5. The fourth-order valence-electron chi connectivity index (χ4n) is 2.39. The molecule has 112 valence electrons. The number of carboxylic acids is 1. The Kier molecular flexibility index (Phi) is 3.55. The Bertz CT molecular complexity index is 815. The monoisotopic (exact) mass is 299 g/mol. The lowest BCUT2D eigenvalue weighted by Crippen LogP contribution is -2.03. The Morgan fingerprint density at radius 1 is 1.14 bits per heavy atom. The van der Waals surface area contributed by atoms with Crippen LogP contribution in [0, 0.1) is 12.7 Å². The second kappa shape index (κ2) is 5.52. The van der Waals surface area contributed by atoms with Gasteiger partial charge >= 0.3 is 5.97 Å². The van der Waals surface area contributed by atoms with Crippen molar-refractivity contribution < 1.29 is 18.7 Å². The van der Waals surface area contributed by atoms with E-state index in [4.69, 9.17) is 9.52 Å². The maximum Gasteiger partial charge on any atom is 0.371 e. The summed E-state index contributed by atoms with van der Waals surface area (Å²) in [6.07, 6.45) is 0. The number of benzene rings is 1. The molecule has 1 aromatic carbocycles. The van der Waals surface area contributed by atoms with Gasteiger partial charge in [-0.15, -0.1) is 0 Å². The molecule has 3 rings (SSSR count). The number of rotatable bonds is 4. The average Bonchev–Trinajstić information content (AvgIpc) is 3.09. The number of aryl methyl sites for hydroxylation is 1. The van der Waals surface area contributed by atoms with E-state index in [0.717, 1.165) is 17.0 Å².